The molecule has 0 unspecified atom stereocenters. The van der Waals surface area contributed by atoms with Gasteiger partial charge in [0.1, 0.15) is 0 Å². The largest absolute Gasteiger partial charge is 0.478 e. The average Bonchev–Trinajstić information content (AvgIpc) is 2.60. The van der Waals surface area contributed by atoms with Crippen molar-refractivity contribution in [1.29, 1.82) is 0 Å². The van der Waals surface area contributed by atoms with Gasteiger partial charge in [0.05, 0.1) is 11.1 Å². The Morgan fingerprint density at radius 3 is 1.69 bits per heavy atom. The molecule has 4 heteroatoms. The summed E-state index contributed by atoms with van der Waals surface area (Å²) in [5.41, 5.74) is 0.313. The summed E-state index contributed by atoms with van der Waals surface area (Å²) in [5, 5.41) is 17.7. The molecule has 0 aromatic heterocycles. The predicted octanol–water partition coefficient (Wildman–Crippen LogP) is 0.882. The van der Waals surface area contributed by atoms with Crippen LogP contribution in [-0.4, -0.2) is 22.2 Å². The molecule has 13 heavy (non-hydrogen) atoms. The molecule has 2 rings (SSSR count). The van der Waals surface area contributed by atoms with Gasteiger partial charge >= 0.3 is 11.9 Å². The summed E-state index contributed by atoms with van der Waals surface area (Å²) in [6.07, 6.45) is 2.40. The number of carboxylic acid groups (broad SMARTS) is 2. The lowest BCUT2D eigenvalue weighted by atomic mass is 9.92. The molecule has 2 N–H and O–H groups in total. The number of hydrogen-bond donors (Lipinski definition) is 2. The highest BCUT2D eigenvalue weighted by Crippen LogP contribution is 2.48. The van der Waals surface area contributed by atoms with Crippen LogP contribution in [-0.2, 0) is 9.59 Å². The van der Waals surface area contributed by atoms with E-state index in [0.717, 1.165) is 19.3 Å². The van der Waals surface area contributed by atoms with Crippen molar-refractivity contribution in [2.75, 3.05) is 0 Å². The topological polar surface area (TPSA) is 74.6 Å². The van der Waals surface area contributed by atoms with Gasteiger partial charge in [-0.1, -0.05) is 0 Å². The first-order valence-corrected chi connectivity index (χ1v) is 4.32. The Hall–Kier alpha value is -1.32. The molecule has 2 aliphatic rings. The maximum Gasteiger partial charge on any atom is 0.332 e. The van der Waals surface area contributed by atoms with Crippen LogP contribution >= 0.6 is 0 Å². The second-order valence-corrected chi connectivity index (χ2v) is 3.64. The van der Waals surface area contributed by atoms with Gasteiger partial charge < -0.3 is 10.2 Å². The minimum Gasteiger partial charge on any atom is -0.478 e. The van der Waals surface area contributed by atoms with Crippen LogP contribution in [0.1, 0.15) is 19.3 Å². The van der Waals surface area contributed by atoms with E-state index >= 15 is 0 Å². The van der Waals surface area contributed by atoms with Crippen LogP contribution < -0.4 is 0 Å². The molecule has 2 atom stereocenters. The van der Waals surface area contributed by atoms with Gasteiger partial charge in [0.2, 0.25) is 0 Å². The minimum absolute atomic E-state index is 0.00593. The molecule has 0 saturated heterocycles. The van der Waals surface area contributed by atoms with Crippen molar-refractivity contribution in [2.24, 2.45) is 11.8 Å². The molecule has 1 saturated carbocycles. The van der Waals surface area contributed by atoms with E-state index < -0.39 is 11.9 Å². The summed E-state index contributed by atoms with van der Waals surface area (Å²) in [5.74, 6) is -2.11. The average molecular weight is 182 g/mol. The Bertz CT molecular complexity index is 286. The van der Waals surface area contributed by atoms with Crippen molar-refractivity contribution in [3.05, 3.63) is 11.1 Å². The van der Waals surface area contributed by atoms with Crippen molar-refractivity contribution in [2.45, 2.75) is 19.3 Å². The van der Waals surface area contributed by atoms with E-state index in [4.69, 9.17) is 10.2 Å². The van der Waals surface area contributed by atoms with Crippen molar-refractivity contribution >= 4 is 11.9 Å². The number of carboxylic acids is 2. The van der Waals surface area contributed by atoms with Crippen molar-refractivity contribution in [1.82, 2.24) is 0 Å². The van der Waals surface area contributed by atoms with Crippen molar-refractivity contribution in [3.63, 3.8) is 0 Å². The normalized spacial score (nSPS) is 31.1. The summed E-state index contributed by atoms with van der Waals surface area (Å²) >= 11 is 0. The zero-order valence-electron chi connectivity index (χ0n) is 6.99. The van der Waals surface area contributed by atoms with Crippen molar-refractivity contribution in [3.8, 4) is 0 Å². The first-order valence-electron chi connectivity index (χ1n) is 4.32. The van der Waals surface area contributed by atoms with Crippen LogP contribution in [0.25, 0.3) is 0 Å². The monoisotopic (exact) mass is 182 g/mol. The molecule has 0 aromatic carbocycles. The molecule has 70 valence electrons. The van der Waals surface area contributed by atoms with E-state index in [1.807, 2.05) is 0 Å². The Balaban J connectivity index is 2.46. The highest BCUT2D eigenvalue weighted by molar-refractivity contribution is 6.00. The Kier molecular flexibility index (Phi) is 1.65. The second kappa shape index (κ2) is 2.58. The summed E-state index contributed by atoms with van der Waals surface area (Å²) in [4.78, 5) is 21.6. The molecule has 0 radical (unpaired) electrons. The van der Waals surface area contributed by atoms with Gasteiger partial charge in [-0.2, -0.15) is 0 Å². The van der Waals surface area contributed by atoms with Gasteiger partial charge in [-0.15, -0.1) is 0 Å². The van der Waals surface area contributed by atoms with Gasteiger partial charge in [-0.05, 0) is 31.1 Å². The molecule has 0 spiro atoms. The lowest BCUT2D eigenvalue weighted by Crippen LogP contribution is -2.17. The molecule has 0 heterocycles. The summed E-state index contributed by atoms with van der Waals surface area (Å²) < 4.78 is 0. The Labute approximate surface area is 74.9 Å². The molecular formula is C9H10O4. The standard InChI is InChI=1S/C9H10O4/c10-8(11)6-4-1-2-5(3-4)7(6)9(12)13/h4-5H,1-3H2,(H,10,11)(H,12,13)/t4-,5+. The quantitative estimate of drug-likeness (QED) is 0.664. The lowest BCUT2D eigenvalue weighted by molar-refractivity contribution is -0.136. The van der Waals surface area contributed by atoms with E-state index in [9.17, 15) is 9.59 Å². The number of carbonyl (C=O) groups is 2. The van der Waals surface area contributed by atoms with E-state index in [1.165, 1.54) is 0 Å². The summed E-state index contributed by atoms with van der Waals surface area (Å²) in [7, 11) is 0. The van der Waals surface area contributed by atoms with Crippen LogP contribution in [0.4, 0.5) is 0 Å². The highest BCUT2D eigenvalue weighted by Gasteiger charge is 2.44. The zero-order valence-corrected chi connectivity index (χ0v) is 6.99. The minimum atomic E-state index is -1.05. The number of hydrogen-bond acceptors (Lipinski definition) is 2. The number of fused-ring (bicyclic) bond motifs is 2. The smallest absolute Gasteiger partial charge is 0.332 e. The van der Waals surface area contributed by atoms with Crippen LogP contribution in [0.5, 0.6) is 0 Å². The first-order chi connectivity index (χ1) is 6.11. The zero-order chi connectivity index (χ0) is 9.59. The van der Waals surface area contributed by atoms with Crippen molar-refractivity contribution < 1.29 is 19.8 Å². The van der Waals surface area contributed by atoms with Gasteiger partial charge in [0, 0.05) is 0 Å². The summed E-state index contributed by atoms with van der Waals surface area (Å²) in [6, 6.07) is 0. The molecule has 0 aliphatic heterocycles. The second-order valence-electron chi connectivity index (χ2n) is 3.64. The Morgan fingerprint density at radius 2 is 1.38 bits per heavy atom. The fourth-order valence-corrected chi connectivity index (χ4v) is 2.53. The SMILES string of the molecule is O=C(O)C1=C(C(=O)O)[C@H]2CC[C@@H]1C2. The highest BCUT2D eigenvalue weighted by atomic mass is 16.4. The number of rotatable bonds is 2. The Morgan fingerprint density at radius 1 is 1.00 bits per heavy atom. The fourth-order valence-electron chi connectivity index (χ4n) is 2.53. The maximum absolute atomic E-state index is 10.8. The maximum atomic E-state index is 10.8. The fraction of sp³-hybridized carbons (Fsp3) is 0.556. The molecule has 0 amide bonds. The van der Waals surface area contributed by atoms with Crippen LogP contribution in [0.15, 0.2) is 11.1 Å². The van der Waals surface area contributed by atoms with Gasteiger partial charge in [0.15, 0.2) is 0 Å². The molecule has 1 fully saturated rings. The molecule has 2 bridgehead atoms. The first kappa shape index (κ1) is 8.29. The molecule has 2 aliphatic carbocycles. The number of aliphatic carboxylic acids is 2. The third-order valence-corrected chi connectivity index (χ3v) is 3.00. The summed E-state index contributed by atoms with van der Waals surface area (Å²) in [6.45, 7) is 0. The lowest BCUT2D eigenvalue weighted by Gasteiger charge is -2.12. The third kappa shape index (κ3) is 1.05. The van der Waals surface area contributed by atoms with Gasteiger partial charge in [-0.25, -0.2) is 9.59 Å². The van der Waals surface area contributed by atoms with E-state index in [1.54, 1.807) is 0 Å². The van der Waals surface area contributed by atoms with E-state index in [0.29, 0.717) is 0 Å². The van der Waals surface area contributed by atoms with E-state index in [2.05, 4.69) is 0 Å². The third-order valence-electron chi connectivity index (χ3n) is 3.00. The van der Waals surface area contributed by atoms with Crippen LogP contribution in [0, 0.1) is 11.8 Å². The van der Waals surface area contributed by atoms with Gasteiger partial charge in [-0.3, -0.25) is 0 Å². The van der Waals surface area contributed by atoms with Gasteiger partial charge in [0.25, 0.3) is 0 Å². The van der Waals surface area contributed by atoms with E-state index in [-0.39, 0.29) is 23.0 Å². The molecule has 0 aromatic rings. The predicted molar refractivity (Wildman–Crippen MR) is 43.1 cm³/mol. The molecule has 4 nitrogen and oxygen atoms in total. The van der Waals surface area contributed by atoms with Crippen LogP contribution in [0.2, 0.25) is 0 Å². The molecular weight excluding hydrogens is 172 g/mol. The van der Waals surface area contributed by atoms with Crippen LogP contribution in [0.3, 0.4) is 0 Å².